The van der Waals surface area contributed by atoms with Crippen molar-refractivity contribution in [3.8, 4) is 5.75 Å². The number of hydrogen-bond donors (Lipinski definition) is 2. The number of hydrogen-bond acceptors (Lipinski definition) is 4. The van der Waals surface area contributed by atoms with Gasteiger partial charge in [0.2, 0.25) is 0 Å². The molecule has 0 aliphatic rings. The van der Waals surface area contributed by atoms with Crippen LogP contribution in [0, 0.1) is 13.8 Å². The van der Waals surface area contributed by atoms with Gasteiger partial charge < -0.3 is 14.8 Å². The molecule has 0 radical (unpaired) electrons. The largest absolute Gasteiger partial charge is 0.492 e. The van der Waals surface area contributed by atoms with Gasteiger partial charge in [-0.2, -0.15) is 5.10 Å². The van der Waals surface area contributed by atoms with Crippen molar-refractivity contribution < 1.29 is 14.8 Å². The second-order valence-electron chi connectivity index (χ2n) is 4.44. The average Bonchev–Trinajstić information content (AvgIpc) is 2.68. The van der Waals surface area contributed by atoms with Crippen molar-refractivity contribution in [1.29, 1.82) is 0 Å². The zero-order chi connectivity index (χ0) is 13.8. The van der Waals surface area contributed by atoms with E-state index in [9.17, 15) is 0 Å². The van der Waals surface area contributed by atoms with Gasteiger partial charge in [-0.05, 0) is 37.5 Å². The Hall–Kier alpha value is -1.79. The van der Waals surface area contributed by atoms with Gasteiger partial charge in [-0.3, -0.25) is 4.68 Å². The van der Waals surface area contributed by atoms with Crippen LogP contribution in [-0.4, -0.2) is 33.6 Å². The van der Waals surface area contributed by atoms with E-state index >= 15 is 0 Å². The summed E-state index contributed by atoms with van der Waals surface area (Å²) in [6.45, 7) is 5.17. The zero-order valence-electron chi connectivity index (χ0n) is 11.1. The molecule has 6 heteroatoms. The van der Waals surface area contributed by atoms with Crippen LogP contribution in [0.25, 0.3) is 0 Å². The normalized spacial score (nSPS) is 10.5. The highest BCUT2D eigenvalue weighted by Gasteiger charge is 2.09. The molecular weight excluding hydrogens is 243 g/mol. The molecule has 2 rings (SSSR count). The molecule has 2 aromatic rings. The molecule has 1 heterocycles. The summed E-state index contributed by atoms with van der Waals surface area (Å²) in [6.07, 6.45) is 0. The van der Waals surface area contributed by atoms with E-state index in [2.05, 4.69) is 5.10 Å². The third-order valence-electron chi connectivity index (χ3n) is 2.85. The van der Waals surface area contributed by atoms with Gasteiger partial charge in [0.05, 0.1) is 12.2 Å². The van der Waals surface area contributed by atoms with E-state index in [1.54, 1.807) is 24.3 Å². The fraction of sp³-hybridized carbons (Fsp3) is 0.308. The lowest BCUT2D eigenvalue weighted by Crippen LogP contribution is -2.29. The molecule has 0 amide bonds. The van der Waals surface area contributed by atoms with E-state index in [-0.39, 0.29) is 0 Å². The summed E-state index contributed by atoms with van der Waals surface area (Å²) >= 11 is 0. The van der Waals surface area contributed by atoms with Crippen LogP contribution in [-0.2, 0) is 6.54 Å². The highest BCUT2D eigenvalue weighted by atomic mass is 16.5. The summed E-state index contributed by atoms with van der Waals surface area (Å²) in [5.74, 6) is 0.700. The summed E-state index contributed by atoms with van der Waals surface area (Å²) in [5, 5.41) is 22.3. The fourth-order valence-electron chi connectivity index (χ4n) is 1.89. The minimum Gasteiger partial charge on any atom is -0.492 e. The molecule has 100 valence electrons. The van der Waals surface area contributed by atoms with Crippen molar-refractivity contribution in [3.05, 3.63) is 41.7 Å². The monoisotopic (exact) mass is 260 g/mol. The Kier molecular flexibility index (Phi) is 4.24. The first-order chi connectivity index (χ1) is 9.06. The molecule has 0 unspecified atom stereocenters. The van der Waals surface area contributed by atoms with Crippen molar-refractivity contribution >= 4 is 12.6 Å². The van der Waals surface area contributed by atoms with Gasteiger partial charge in [0.15, 0.2) is 0 Å². The van der Waals surface area contributed by atoms with Crippen LogP contribution in [0.2, 0.25) is 0 Å². The van der Waals surface area contributed by atoms with E-state index in [0.717, 1.165) is 11.4 Å². The number of aryl methyl sites for hydroxylation is 2. The van der Waals surface area contributed by atoms with Gasteiger partial charge in [0, 0.05) is 5.69 Å². The summed E-state index contributed by atoms with van der Waals surface area (Å²) in [4.78, 5) is 0. The molecule has 0 saturated heterocycles. The quantitative estimate of drug-likeness (QED) is 0.757. The Balaban J connectivity index is 1.87. The van der Waals surface area contributed by atoms with Gasteiger partial charge in [-0.15, -0.1) is 0 Å². The predicted octanol–water partition coefficient (Wildman–Crippen LogP) is 0.259. The van der Waals surface area contributed by atoms with E-state index in [1.165, 1.54) is 0 Å². The topological polar surface area (TPSA) is 67.5 Å². The minimum absolute atomic E-state index is 0.450. The molecule has 0 fully saturated rings. The number of rotatable bonds is 5. The first-order valence-electron chi connectivity index (χ1n) is 6.16. The lowest BCUT2D eigenvalue weighted by Gasteiger charge is -2.08. The first-order valence-corrected chi connectivity index (χ1v) is 6.16. The molecule has 5 nitrogen and oxygen atoms in total. The van der Waals surface area contributed by atoms with Crippen molar-refractivity contribution in [2.24, 2.45) is 0 Å². The Morgan fingerprint density at radius 3 is 2.42 bits per heavy atom. The minimum atomic E-state index is -1.44. The Labute approximate surface area is 112 Å². The number of benzene rings is 1. The summed E-state index contributed by atoms with van der Waals surface area (Å²) in [7, 11) is -1.44. The summed E-state index contributed by atoms with van der Waals surface area (Å²) < 4.78 is 7.49. The van der Waals surface area contributed by atoms with Gasteiger partial charge in [-0.1, -0.05) is 12.1 Å². The smallest absolute Gasteiger partial charge is 0.488 e. The Morgan fingerprint density at radius 1 is 1.21 bits per heavy atom. The fourth-order valence-corrected chi connectivity index (χ4v) is 1.89. The molecular formula is C13H17BN2O3. The second-order valence-corrected chi connectivity index (χ2v) is 4.44. The van der Waals surface area contributed by atoms with Crippen LogP contribution in [0.15, 0.2) is 30.3 Å². The molecule has 0 atom stereocenters. The van der Waals surface area contributed by atoms with Crippen LogP contribution in [0.3, 0.4) is 0 Å². The zero-order valence-corrected chi connectivity index (χ0v) is 11.1. The van der Waals surface area contributed by atoms with Gasteiger partial charge in [0.25, 0.3) is 0 Å². The van der Waals surface area contributed by atoms with Crippen LogP contribution >= 0.6 is 0 Å². The first kappa shape index (κ1) is 13.6. The van der Waals surface area contributed by atoms with Crippen molar-refractivity contribution in [1.82, 2.24) is 9.78 Å². The third kappa shape index (κ3) is 3.59. The lowest BCUT2D eigenvalue weighted by molar-refractivity contribution is 0.289. The average molecular weight is 260 g/mol. The standard InChI is InChI=1S/C13H17BN2O3/c1-10-9-11(2)16(15-10)7-8-19-13-5-3-12(4-6-13)14(17)18/h3-6,9,17-18H,7-8H2,1-2H3. The Bertz CT molecular complexity index is 537. The van der Waals surface area contributed by atoms with Gasteiger partial charge in [-0.25, -0.2) is 0 Å². The van der Waals surface area contributed by atoms with E-state index in [0.29, 0.717) is 24.4 Å². The van der Waals surface area contributed by atoms with Gasteiger partial charge in [0.1, 0.15) is 12.4 Å². The molecule has 1 aromatic heterocycles. The number of nitrogens with zero attached hydrogens (tertiary/aromatic N) is 2. The maximum Gasteiger partial charge on any atom is 0.488 e. The van der Waals surface area contributed by atoms with Crippen molar-refractivity contribution in [2.45, 2.75) is 20.4 Å². The highest BCUT2D eigenvalue weighted by Crippen LogP contribution is 2.08. The van der Waals surface area contributed by atoms with Crippen molar-refractivity contribution in [2.75, 3.05) is 6.61 Å². The van der Waals surface area contributed by atoms with Gasteiger partial charge >= 0.3 is 7.12 Å². The molecule has 2 N–H and O–H groups in total. The third-order valence-corrected chi connectivity index (χ3v) is 2.85. The van der Waals surface area contributed by atoms with Crippen molar-refractivity contribution in [3.63, 3.8) is 0 Å². The summed E-state index contributed by atoms with van der Waals surface area (Å²) in [5.41, 5.74) is 2.56. The predicted molar refractivity (Wildman–Crippen MR) is 73.5 cm³/mol. The molecule has 1 aromatic carbocycles. The Morgan fingerprint density at radius 2 is 1.89 bits per heavy atom. The number of ether oxygens (including phenoxy) is 1. The molecule has 0 aliphatic carbocycles. The molecule has 0 saturated carbocycles. The molecule has 19 heavy (non-hydrogen) atoms. The molecule has 0 aliphatic heterocycles. The van der Waals surface area contributed by atoms with E-state index in [4.69, 9.17) is 14.8 Å². The van der Waals surface area contributed by atoms with Crippen LogP contribution in [0.5, 0.6) is 5.75 Å². The van der Waals surface area contributed by atoms with Crippen LogP contribution in [0.1, 0.15) is 11.4 Å². The van der Waals surface area contributed by atoms with E-state index < -0.39 is 7.12 Å². The number of aromatic nitrogens is 2. The highest BCUT2D eigenvalue weighted by molar-refractivity contribution is 6.58. The SMILES string of the molecule is Cc1cc(C)n(CCOc2ccc(B(O)O)cc2)n1. The lowest BCUT2D eigenvalue weighted by atomic mass is 9.80. The maximum absolute atomic E-state index is 8.98. The maximum atomic E-state index is 8.98. The second kappa shape index (κ2) is 5.90. The summed E-state index contributed by atoms with van der Waals surface area (Å²) in [6, 6.07) is 8.72. The van der Waals surface area contributed by atoms with E-state index in [1.807, 2.05) is 24.6 Å². The molecule has 0 bridgehead atoms. The van der Waals surface area contributed by atoms with Crippen LogP contribution in [0.4, 0.5) is 0 Å². The van der Waals surface area contributed by atoms with Crippen LogP contribution < -0.4 is 10.2 Å². The molecule has 0 spiro atoms.